The number of aromatic amines is 1. The zero-order chi connectivity index (χ0) is 11.0. The average molecular weight is 220 g/mol. The van der Waals surface area contributed by atoms with E-state index in [1.54, 1.807) is 0 Å². The highest BCUT2D eigenvalue weighted by Crippen LogP contribution is 2.21. The van der Waals surface area contributed by atoms with Gasteiger partial charge in [-0.3, -0.25) is 5.10 Å². The predicted molar refractivity (Wildman–Crippen MR) is 63.4 cm³/mol. The van der Waals surface area contributed by atoms with Gasteiger partial charge in [-0.25, -0.2) is 0 Å². The van der Waals surface area contributed by atoms with Crippen LogP contribution in [0.25, 0.3) is 0 Å². The smallest absolute Gasteiger partial charge is 0.0685 e. The van der Waals surface area contributed by atoms with Crippen LogP contribution >= 0.6 is 0 Å². The van der Waals surface area contributed by atoms with Crippen molar-refractivity contribution in [1.82, 2.24) is 20.4 Å². The molecule has 88 valence electrons. The summed E-state index contributed by atoms with van der Waals surface area (Å²) in [5, 5.41) is 11.3. The minimum atomic E-state index is 0.652. The second-order valence-electron chi connectivity index (χ2n) is 5.11. The van der Waals surface area contributed by atoms with Crippen molar-refractivity contribution in [3.05, 3.63) is 17.0 Å². The zero-order valence-corrected chi connectivity index (χ0v) is 9.92. The Morgan fingerprint density at radius 3 is 3.25 bits per heavy atom. The Balaban J connectivity index is 1.77. The average Bonchev–Trinajstić information content (AvgIpc) is 2.90. The van der Waals surface area contributed by atoms with E-state index >= 15 is 0 Å². The van der Waals surface area contributed by atoms with Crippen LogP contribution in [0.3, 0.4) is 0 Å². The normalized spacial score (nSPS) is 25.9. The Kier molecular flexibility index (Phi) is 2.69. The van der Waals surface area contributed by atoms with Crippen LogP contribution in [0.4, 0.5) is 0 Å². The van der Waals surface area contributed by atoms with Crippen molar-refractivity contribution in [2.75, 3.05) is 20.1 Å². The van der Waals surface area contributed by atoms with Crippen molar-refractivity contribution in [1.29, 1.82) is 0 Å². The molecule has 1 unspecified atom stereocenters. The number of rotatable bonds is 2. The first-order chi connectivity index (χ1) is 7.83. The highest BCUT2D eigenvalue weighted by molar-refractivity contribution is 5.28. The molecule has 1 atom stereocenters. The topological polar surface area (TPSA) is 44.0 Å². The van der Waals surface area contributed by atoms with E-state index in [4.69, 9.17) is 0 Å². The number of nitrogens with one attached hydrogen (secondary N) is 2. The van der Waals surface area contributed by atoms with E-state index in [9.17, 15) is 0 Å². The number of aromatic nitrogens is 2. The molecule has 1 fully saturated rings. The van der Waals surface area contributed by atoms with Gasteiger partial charge in [0.2, 0.25) is 0 Å². The molecule has 0 bridgehead atoms. The summed E-state index contributed by atoms with van der Waals surface area (Å²) in [4.78, 5) is 2.38. The molecular weight excluding hydrogens is 200 g/mol. The maximum atomic E-state index is 4.50. The summed E-state index contributed by atoms with van der Waals surface area (Å²) in [7, 11) is 2.19. The Bertz CT molecular complexity index is 365. The third-order valence-corrected chi connectivity index (χ3v) is 3.81. The molecule has 3 heterocycles. The van der Waals surface area contributed by atoms with E-state index in [2.05, 4.69) is 27.5 Å². The molecule has 16 heavy (non-hydrogen) atoms. The molecule has 2 aliphatic rings. The van der Waals surface area contributed by atoms with E-state index in [1.165, 1.54) is 36.3 Å². The van der Waals surface area contributed by atoms with Gasteiger partial charge < -0.3 is 10.2 Å². The van der Waals surface area contributed by atoms with Gasteiger partial charge in [0.05, 0.1) is 5.69 Å². The highest BCUT2D eigenvalue weighted by Gasteiger charge is 2.23. The summed E-state index contributed by atoms with van der Waals surface area (Å²) >= 11 is 0. The Morgan fingerprint density at radius 2 is 2.44 bits per heavy atom. The lowest BCUT2D eigenvalue weighted by atomic mass is 10.0. The van der Waals surface area contributed by atoms with Gasteiger partial charge in [0.1, 0.15) is 0 Å². The molecule has 0 aromatic carbocycles. The van der Waals surface area contributed by atoms with Gasteiger partial charge in [-0.05, 0) is 26.4 Å². The van der Waals surface area contributed by atoms with E-state index in [-0.39, 0.29) is 0 Å². The summed E-state index contributed by atoms with van der Waals surface area (Å²) in [6, 6.07) is 0.652. The molecule has 0 amide bonds. The molecule has 1 aromatic rings. The monoisotopic (exact) mass is 220 g/mol. The first-order valence-corrected chi connectivity index (χ1v) is 6.30. The minimum Gasteiger partial charge on any atom is -0.314 e. The standard InChI is InChI=1S/C12H20N4/c1-16-6-4-11-10(8-16)12(15-14-11)7-9-3-2-5-13-9/h9,13H,2-8H2,1H3,(H,14,15). The fraction of sp³-hybridized carbons (Fsp3) is 0.750. The number of hydrogen-bond acceptors (Lipinski definition) is 3. The molecule has 1 aromatic heterocycles. The van der Waals surface area contributed by atoms with Crippen LogP contribution in [0, 0.1) is 0 Å². The summed E-state index contributed by atoms with van der Waals surface area (Å²) < 4.78 is 0. The quantitative estimate of drug-likeness (QED) is 0.771. The Morgan fingerprint density at radius 1 is 1.50 bits per heavy atom. The summed E-state index contributed by atoms with van der Waals surface area (Å²) in [5.74, 6) is 0. The van der Waals surface area contributed by atoms with E-state index in [0.29, 0.717) is 6.04 Å². The largest absolute Gasteiger partial charge is 0.314 e. The Labute approximate surface area is 96.4 Å². The van der Waals surface area contributed by atoms with Gasteiger partial charge in [-0.15, -0.1) is 0 Å². The number of H-pyrrole nitrogens is 1. The number of likely N-dealkylation sites (N-methyl/N-ethyl adjacent to an activating group) is 1. The molecule has 4 nitrogen and oxygen atoms in total. The van der Waals surface area contributed by atoms with Gasteiger partial charge in [0.25, 0.3) is 0 Å². The van der Waals surface area contributed by atoms with E-state index < -0.39 is 0 Å². The molecule has 2 aliphatic heterocycles. The van der Waals surface area contributed by atoms with Crippen LogP contribution in [0.1, 0.15) is 29.8 Å². The van der Waals surface area contributed by atoms with Crippen molar-refractivity contribution in [3.63, 3.8) is 0 Å². The lowest BCUT2D eigenvalue weighted by Gasteiger charge is -2.22. The molecule has 4 heteroatoms. The lowest BCUT2D eigenvalue weighted by Crippen LogP contribution is -2.28. The first-order valence-electron chi connectivity index (χ1n) is 6.30. The van der Waals surface area contributed by atoms with Crippen LogP contribution in [0.15, 0.2) is 0 Å². The van der Waals surface area contributed by atoms with E-state index in [0.717, 1.165) is 25.9 Å². The van der Waals surface area contributed by atoms with Gasteiger partial charge in [0, 0.05) is 43.2 Å². The van der Waals surface area contributed by atoms with E-state index in [1.807, 2.05) is 0 Å². The highest BCUT2D eigenvalue weighted by atomic mass is 15.2. The van der Waals surface area contributed by atoms with Crippen LogP contribution in [-0.4, -0.2) is 41.3 Å². The van der Waals surface area contributed by atoms with Crippen molar-refractivity contribution in [2.24, 2.45) is 0 Å². The van der Waals surface area contributed by atoms with Gasteiger partial charge in [-0.2, -0.15) is 5.10 Å². The molecule has 0 spiro atoms. The van der Waals surface area contributed by atoms with Gasteiger partial charge in [0.15, 0.2) is 0 Å². The van der Waals surface area contributed by atoms with Crippen LogP contribution in [-0.2, 0) is 19.4 Å². The second kappa shape index (κ2) is 4.18. The molecule has 0 radical (unpaired) electrons. The van der Waals surface area contributed by atoms with Crippen LogP contribution in [0.2, 0.25) is 0 Å². The fourth-order valence-electron chi connectivity index (χ4n) is 2.82. The van der Waals surface area contributed by atoms with Gasteiger partial charge in [-0.1, -0.05) is 0 Å². The maximum absolute atomic E-state index is 4.50. The summed E-state index contributed by atoms with van der Waals surface area (Å²) in [6.07, 6.45) is 4.84. The molecule has 2 N–H and O–H groups in total. The van der Waals surface area contributed by atoms with Crippen LogP contribution < -0.4 is 5.32 Å². The molecular formula is C12H20N4. The molecule has 3 rings (SSSR count). The summed E-state index contributed by atoms with van der Waals surface area (Å²) in [5.41, 5.74) is 4.12. The molecule has 1 saturated heterocycles. The maximum Gasteiger partial charge on any atom is 0.0685 e. The molecule has 0 aliphatic carbocycles. The predicted octanol–water partition coefficient (Wildman–Crippen LogP) is 0.692. The number of nitrogens with zero attached hydrogens (tertiary/aromatic N) is 2. The van der Waals surface area contributed by atoms with Crippen molar-refractivity contribution in [3.8, 4) is 0 Å². The van der Waals surface area contributed by atoms with Crippen LogP contribution in [0.5, 0.6) is 0 Å². The third kappa shape index (κ3) is 1.87. The zero-order valence-electron chi connectivity index (χ0n) is 9.92. The minimum absolute atomic E-state index is 0.652. The van der Waals surface area contributed by atoms with Crippen molar-refractivity contribution < 1.29 is 0 Å². The SMILES string of the molecule is CN1CCc2[nH]nc(CC3CCCN3)c2C1. The Hall–Kier alpha value is -0.870. The fourth-order valence-corrected chi connectivity index (χ4v) is 2.82. The third-order valence-electron chi connectivity index (χ3n) is 3.81. The van der Waals surface area contributed by atoms with Crippen molar-refractivity contribution in [2.45, 2.75) is 38.3 Å². The van der Waals surface area contributed by atoms with Crippen molar-refractivity contribution >= 4 is 0 Å². The number of fused-ring (bicyclic) bond motifs is 1. The molecule has 0 saturated carbocycles. The lowest BCUT2D eigenvalue weighted by molar-refractivity contribution is 0.310. The summed E-state index contributed by atoms with van der Waals surface area (Å²) in [6.45, 7) is 3.39. The number of hydrogen-bond donors (Lipinski definition) is 2. The first kappa shape index (κ1) is 10.3. The second-order valence-corrected chi connectivity index (χ2v) is 5.11. The van der Waals surface area contributed by atoms with Gasteiger partial charge >= 0.3 is 0 Å².